The predicted molar refractivity (Wildman–Crippen MR) is 125 cm³/mol. The van der Waals surface area contributed by atoms with E-state index in [1.54, 1.807) is 6.21 Å². The van der Waals surface area contributed by atoms with Crippen LogP contribution >= 0.6 is 0 Å². The lowest BCUT2D eigenvalue weighted by molar-refractivity contribution is -0.140. The largest absolute Gasteiger partial charge is 0.317 e. The molecule has 5 heteroatoms. The van der Waals surface area contributed by atoms with E-state index in [9.17, 15) is 9.59 Å². The van der Waals surface area contributed by atoms with Crippen LogP contribution in [0.5, 0.6) is 0 Å². The molecular weight excluding hydrogens is 398 g/mol. The molecule has 3 aliphatic carbocycles. The maximum Gasteiger partial charge on any atom is 0.254 e. The second-order valence-electron chi connectivity index (χ2n) is 9.23. The van der Waals surface area contributed by atoms with Crippen molar-refractivity contribution >= 4 is 28.8 Å². The topological polar surface area (TPSA) is 54.7 Å². The Kier molecular flexibility index (Phi) is 4.22. The third kappa shape index (κ3) is 2.67. The molecule has 2 fully saturated rings. The van der Waals surface area contributed by atoms with E-state index in [1.165, 1.54) is 10.8 Å². The lowest BCUT2D eigenvalue weighted by Crippen LogP contribution is -2.38. The van der Waals surface area contributed by atoms with Crippen LogP contribution in [-0.4, -0.2) is 27.6 Å². The second kappa shape index (κ2) is 7.02. The first kappa shape index (κ1) is 19.2. The van der Waals surface area contributed by atoms with Crippen molar-refractivity contribution in [2.45, 2.75) is 26.7 Å². The fourth-order valence-electron chi connectivity index (χ4n) is 5.98. The summed E-state index contributed by atoms with van der Waals surface area (Å²) in [7, 11) is 0. The summed E-state index contributed by atoms with van der Waals surface area (Å²) < 4.78 is 2.21. The van der Waals surface area contributed by atoms with E-state index in [0.29, 0.717) is 0 Å². The molecule has 5 nitrogen and oxygen atoms in total. The Labute approximate surface area is 187 Å². The number of aryl methyl sites for hydroxylation is 1. The fraction of sp³-hybridized carbons (Fsp3) is 0.296. The minimum absolute atomic E-state index is 0.141. The van der Waals surface area contributed by atoms with Crippen LogP contribution in [0.1, 0.15) is 29.8 Å². The molecule has 0 N–H and O–H groups in total. The number of hydrogen-bond donors (Lipinski definition) is 0. The zero-order chi connectivity index (χ0) is 22.0. The third-order valence-corrected chi connectivity index (χ3v) is 7.53. The molecule has 32 heavy (non-hydrogen) atoms. The number of amides is 2. The number of carbonyl (C=O) groups is 2. The van der Waals surface area contributed by atoms with Gasteiger partial charge in [-0.05, 0) is 56.0 Å². The van der Waals surface area contributed by atoms with Gasteiger partial charge in [0.2, 0.25) is 0 Å². The summed E-state index contributed by atoms with van der Waals surface area (Å²) in [4.78, 5) is 26.1. The Morgan fingerprint density at radius 1 is 0.906 bits per heavy atom. The summed E-state index contributed by atoms with van der Waals surface area (Å²) in [5.41, 5.74) is 4.13. The van der Waals surface area contributed by atoms with Gasteiger partial charge in [-0.3, -0.25) is 9.59 Å². The van der Waals surface area contributed by atoms with Gasteiger partial charge in [-0.2, -0.15) is 10.1 Å². The number of benzene rings is 2. The smallest absolute Gasteiger partial charge is 0.254 e. The van der Waals surface area contributed by atoms with Gasteiger partial charge in [0.25, 0.3) is 11.8 Å². The molecule has 2 aromatic carbocycles. The van der Waals surface area contributed by atoms with Crippen LogP contribution in [0, 0.1) is 37.5 Å². The number of hydrazone groups is 1. The van der Waals surface area contributed by atoms with Gasteiger partial charge >= 0.3 is 0 Å². The van der Waals surface area contributed by atoms with Crippen molar-refractivity contribution in [1.29, 1.82) is 0 Å². The number of imide groups is 1. The van der Waals surface area contributed by atoms with Crippen LogP contribution in [0.25, 0.3) is 16.5 Å². The first-order chi connectivity index (χ1) is 15.5. The molecule has 4 aliphatic rings. The fourth-order valence-corrected chi connectivity index (χ4v) is 5.98. The lowest BCUT2D eigenvalue weighted by atomic mass is 9.63. The lowest BCUT2D eigenvalue weighted by Gasteiger charge is -2.37. The maximum atomic E-state index is 13.0. The summed E-state index contributed by atoms with van der Waals surface area (Å²) in [6.45, 7) is 4.11. The summed E-state index contributed by atoms with van der Waals surface area (Å²) in [5.74, 6) is -0.384. The average Bonchev–Trinajstić information content (AvgIpc) is 3.26. The van der Waals surface area contributed by atoms with E-state index in [4.69, 9.17) is 0 Å². The molecule has 1 saturated carbocycles. The minimum atomic E-state index is -0.230. The Balaban J connectivity index is 1.35. The summed E-state index contributed by atoms with van der Waals surface area (Å²) in [6.07, 6.45) is 7.92. The van der Waals surface area contributed by atoms with Gasteiger partial charge in [-0.1, -0.05) is 48.6 Å². The number of carbonyl (C=O) groups excluding carboxylic acids is 2. The van der Waals surface area contributed by atoms with E-state index in [1.807, 2.05) is 19.1 Å². The number of nitrogens with zero attached hydrogens (tertiary/aromatic N) is 3. The Morgan fingerprint density at radius 2 is 1.56 bits per heavy atom. The van der Waals surface area contributed by atoms with Crippen molar-refractivity contribution in [2.24, 2.45) is 28.8 Å². The van der Waals surface area contributed by atoms with E-state index < -0.39 is 0 Å². The number of fused-ring (bicyclic) bond motifs is 2. The van der Waals surface area contributed by atoms with Crippen LogP contribution in [0.4, 0.5) is 0 Å². The Bertz CT molecular complexity index is 1290. The van der Waals surface area contributed by atoms with Crippen LogP contribution in [-0.2, 0) is 9.59 Å². The highest BCUT2D eigenvalue weighted by atomic mass is 16.2. The average molecular weight is 424 g/mol. The minimum Gasteiger partial charge on any atom is -0.317 e. The monoisotopic (exact) mass is 423 g/mol. The standard InChI is InChI=1S/C27H25N3O2/c1-16-14-21(17(2)29(16)23-9-5-7-18-6-3-4-8-22(18)23)15-28-30-26(31)24-19-10-11-20(13-12-19)25(24)27(30)32/h3-11,14-15,19-20,24-25H,12-13H2,1-2H3/b28-15-/t19-,20-,24-,25-/m0/s1. The van der Waals surface area contributed by atoms with Gasteiger partial charge < -0.3 is 4.57 Å². The van der Waals surface area contributed by atoms with Gasteiger partial charge in [0.05, 0.1) is 23.7 Å². The van der Waals surface area contributed by atoms with Gasteiger partial charge in [-0.15, -0.1) is 0 Å². The molecule has 0 unspecified atom stereocenters. The molecule has 2 bridgehead atoms. The molecule has 4 atom stereocenters. The predicted octanol–water partition coefficient (Wildman–Crippen LogP) is 4.78. The van der Waals surface area contributed by atoms with Crippen molar-refractivity contribution in [1.82, 2.24) is 9.58 Å². The van der Waals surface area contributed by atoms with Crippen molar-refractivity contribution in [3.63, 3.8) is 0 Å². The molecule has 0 spiro atoms. The van der Waals surface area contributed by atoms with Crippen molar-refractivity contribution in [3.05, 3.63) is 77.6 Å². The summed E-state index contributed by atoms with van der Waals surface area (Å²) in [6, 6.07) is 16.7. The summed E-state index contributed by atoms with van der Waals surface area (Å²) >= 11 is 0. The molecule has 2 heterocycles. The molecule has 1 aliphatic heterocycles. The highest BCUT2D eigenvalue weighted by molar-refractivity contribution is 6.06. The molecule has 1 saturated heterocycles. The van der Waals surface area contributed by atoms with Crippen LogP contribution in [0.3, 0.4) is 0 Å². The zero-order valence-corrected chi connectivity index (χ0v) is 18.2. The van der Waals surface area contributed by atoms with Gasteiger partial charge in [-0.25, -0.2) is 0 Å². The Morgan fingerprint density at radius 3 is 2.25 bits per heavy atom. The van der Waals surface area contributed by atoms with Crippen molar-refractivity contribution < 1.29 is 9.59 Å². The SMILES string of the molecule is Cc1cc(/C=N\N2C(=O)[C@@H]3[C@@H](C2=O)[C@H]2C=C[C@H]3CC2)c(C)n1-c1cccc2ccccc12. The van der Waals surface area contributed by atoms with Crippen LogP contribution in [0.2, 0.25) is 0 Å². The van der Waals surface area contributed by atoms with Crippen LogP contribution in [0.15, 0.2) is 65.8 Å². The quantitative estimate of drug-likeness (QED) is 0.346. The molecule has 160 valence electrons. The number of allylic oxidation sites excluding steroid dienone is 2. The van der Waals surface area contributed by atoms with Crippen molar-refractivity contribution in [2.75, 3.05) is 0 Å². The molecule has 0 radical (unpaired) electrons. The third-order valence-electron chi connectivity index (χ3n) is 7.53. The van der Waals surface area contributed by atoms with E-state index in [-0.39, 0.29) is 35.5 Å². The molecule has 3 aromatic rings. The molecular formula is C27H25N3O2. The normalized spacial score (nSPS) is 26.6. The van der Waals surface area contributed by atoms with E-state index >= 15 is 0 Å². The zero-order valence-electron chi connectivity index (χ0n) is 18.2. The first-order valence-electron chi connectivity index (χ1n) is 11.3. The van der Waals surface area contributed by atoms with E-state index in [2.05, 4.69) is 65.1 Å². The first-order valence-corrected chi connectivity index (χ1v) is 11.3. The van der Waals surface area contributed by atoms with Gasteiger partial charge in [0.15, 0.2) is 0 Å². The Hall–Kier alpha value is -3.47. The number of aromatic nitrogens is 1. The highest BCUT2D eigenvalue weighted by Gasteiger charge is 2.56. The molecule has 2 amide bonds. The second-order valence-corrected chi connectivity index (χ2v) is 9.23. The van der Waals surface area contributed by atoms with Crippen molar-refractivity contribution in [3.8, 4) is 5.69 Å². The number of rotatable bonds is 3. The van der Waals surface area contributed by atoms with Gasteiger partial charge in [0.1, 0.15) is 0 Å². The maximum absolute atomic E-state index is 13.0. The molecule has 1 aromatic heterocycles. The van der Waals surface area contributed by atoms with Gasteiger partial charge in [0, 0.05) is 22.3 Å². The summed E-state index contributed by atoms with van der Waals surface area (Å²) in [5, 5.41) is 7.92. The number of hydrogen-bond acceptors (Lipinski definition) is 3. The highest BCUT2D eigenvalue weighted by Crippen LogP contribution is 2.49. The van der Waals surface area contributed by atoms with Crippen LogP contribution < -0.4 is 0 Å². The molecule has 7 rings (SSSR count). The van der Waals surface area contributed by atoms with E-state index in [0.717, 1.165) is 40.5 Å².